The van der Waals surface area contributed by atoms with E-state index in [-0.39, 0.29) is 0 Å². The van der Waals surface area contributed by atoms with Crippen LogP contribution in [0.4, 0.5) is 5.69 Å². The van der Waals surface area contributed by atoms with Gasteiger partial charge in [-0.3, -0.25) is 0 Å². The zero-order valence-electron chi connectivity index (χ0n) is 19.7. The summed E-state index contributed by atoms with van der Waals surface area (Å²) in [6.45, 7) is 2.12. The Hall–Kier alpha value is -5.01. The number of fused-ring (bicyclic) bond motifs is 6. The molecule has 7 rings (SSSR count). The fourth-order valence-electron chi connectivity index (χ4n) is 5.58. The molecule has 0 saturated carbocycles. The van der Waals surface area contributed by atoms with Crippen LogP contribution in [-0.4, -0.2) is 9.13 Å². The van der Waals surface area contributed by atoms with Crippen LogP contribution in [0.1, 0.15) is 11.1 Å². The van der Waals surface area contributed by atoms with E-state index in [1.54, 1.807) is 0 Å². The molecule has 0 radical (unpaired) electrons. The van der Waals surface area contributed by atoms with Crippen LogP contribution >= 0.6 is 0 Å². The van der Waals surface area contributed by atoms with Crippen LogP contribution in [0.25, 0.3) is 55.0 Å². The monoisotopic (exact) mass is 462 g/mol. The smallest absolute Gasteiger partial charge is 0.101 e. The van der Waals surface area contributed by atoms with E-state index >= 15 is 0 Å². The molecular formula is C32H22N4. The Labute approximate surface area is 208 Å². The highest BCUT2D eigenvalue weighted by atomic mass is 15.1. The lowest BCUT2D eigenvalue weighted by atomic mass is 10.1. The molecule has 0 amide bonds. The summed E-state index contributed by atoms with van der Waals surface area (Å²) < 4.78 is 4.54. The molecule has 2 N–H and O–H groups in total. The molecule has 0 aliphatic carbocycles. The fraction of sp³-hybridized carbons (Fsp3) is 0.0312. The van der Waals surface area contributed by atoms with Crippen molar-refractivity contribution in [2.24, 2.45) is 0 Å². The maximum absolute atomic E-state index is 9.92. The molecule has 4 heteroatoms. The summed E-state index contributed by atoms with van der Waals surface area (Å²) in [5, 5.41) is 14.6. The first-order chi connectivity index (χ1) is 17.7. The van der Waals surface area contributed by atoms with Crippen LogP contribution in [0, 0.1) is 18.3 Å². The molecule has 0 unspecified atom stereocenters. The summed E-state index contributed by atoms with van der Waals surface area (Å²) in [6, 6.07) is 38.0. The molecule has 0 aliphatic heterocycles. The molecule has 0 saturated heterocycles. The molecule has 0 atom stereocenters. The largest absolute Gasteiger partial charge is 0.398 e. The van der Waals surface area contributed by atoms with Gasteiger partial charge in [-0.05, 0) is 49.4 Å². The van der Waals surface area contributed by atoms with Crippen LogP contribution in [0.3, 0.4) is 0 Å². The van der Waals surface area contributed by atoms with Gasteiger partial charge in [-0.25, -0.2) is 0 Å². The third-order valence-corrected chi connectivity index (χ3v) is 7.16. The van der Waals surface area contributed by atoms with Gasteiger partial charge in [-0.2, -0.15) is 5.26 Å². The van der Waals surface area contributed by atoms with Crippen molar-refractivity contribution in [2.75, 3.05) is 5.73 Å². The highest BCUT2D eigenvalue weighted by Crippen LogP contribution is 2.39. The zero-order chi connectivity index (χ0) is 24.4. The van der Waals surface area contributed by atoms with Crippen molar-refractivity contribution in [1.82, 2.24) is 9.13 Å². The molecule has 0 aliphatic rings. The van der Waals surface area contributed by atoms with Crippen LogP contribution in [0.15, 0.2) is 103 Å². The fourth-order valence-corrected chi connectivity index (χ4v) is 5.58. The van der Waals surface area contributed by atoms with E-state index < -0.39 is 0 Å². The lowest BCUT2D eigenvalue weighted by Crippen LogP contribution is -2.06. The average molecular weight is 463 g/mol. The number of nitrogens with two attached hydrogens (primary N) is 1. The summed E-state index contributed by atoms with van der Waals surface area (Å²) in [6.07, 6.45) is 0. The number of aryl methyl sites for hydroxylation is 1. The van der Waals surface area contributed by atoms with Gasteiger partial charge in [0.2, 0.25) is 0 Å². The average Bonchev–Trinajstić information content (AvgIpc) is 3.41. The zero-order valence-corrected chi connectivity index (χ0v) is 19.7. The lowest BCUT2D eigenvalue weighted by molar-refractivity contribution is 1.09. The van der Waals surface area contributed by atoms with Crippen molar-refractivity contribution in [3.05, 3.63) is 114 Å². The number of hydrogen-bond donors (Lipinski definition) is 1. The Morgan fingerprint density at radius 2 is 1.06 bits per heavy atom. The Bertz CT molecular complexity index is 1980. The number of para-hydroxylation sites is 3. The number of nitriles is 1. The van der Waals surface area contributed by atoms with Gasteiger partial charge in [0.05, 0.1) is 44.7 Å². The summed E-state index contributed by atoms with van der Waals surface area (Å²) >= 11 is 0. The van der Waals surface area contributed by atoms with Crippen molar-refractivity contribution in [3.63, 3.8) is 0 Å². The second-order valence-electron chi connectivity index (χ2n) is 9.28. The van der Waals surface area contributed by atoms with Crippen LogP contribution in [0.5, 0.6) is 0 Å². The lowest BCUT2D eigenvalue weighted by Gasteiger charge is -2.18. The number of benzene rings is 5. The van der Waals surface area contributed by atoms with E-state index in [1.165, 1.54) is 27.1 Å². The molecule has 4 nitrogen and oxygen atoms in total. The van der Waals surface area contributed by atoms with Crippen LogP contribution in [-0.2, 0) is 0 Å². The third-order valence-electron chi connectivity index (χ3n) is 7.16. The number of nitrogens with zero attached hydrogens (tertiary/aromatic N) is 3. The number of aromatic nitrogens is 2. The number of anilines is 1. The van der Waals surface area contributed by atoms with E-state index in [0.29, 0.717) is 11.3 Å². The first-order valence-electron chi connectivity index (χ1n) is 12.0. The maximum Gasteiger partial charge on any atom is 0.101 e. The van der Waals surface area contributed by atoms with Gasteiger partial charge in [-0.1, -0.05) is 66.2 Å². The van der Waals surface area contributed by atoms with Crippen molar-refractivity contribution in [2.45, 2.75) is 6.92 Å². The Kier molecular flexibility index (Phi) is 4.24. The van der Waals surface area contributed by atoms with Gasteiger partial charge in [0.1, 0.15) is 6.07 Å². The van der Waals surface area contributed by atoms with E-state index in [0.717, 1.165) is 33.4 Å². The Balaban J connectivity index is 1.70. The van der Waals surface area contributed by atoms with E-state index in [1.807, 2.05) is 12.1 Å². The van der Waals surface area contributed by atoms with E-state index in [2.05, 4.69) is 113 Å². The van der Waals surface area contributed by atoms with Gasteiger partial charge >= 0.3 is 0 Å². The quantitative estimate of drug-likeness (QED) is 0.268. The van der Waals surface area contributed by atoms with Crippen molar-refractivity contribution >= 4 is 49.3 Å². The molecule has 36 heavy (non-hydrogen) atoms. The minimum Gasteiger partial charge on any atom is -0.398 e. The minimum absolute atomic E-state index is 0.465. The Morgan fingerprint density at radius 1 is 0.583 bits per heavy atom. The molecular weight excluding hydrogens is 440 g/mol. The van der Waals surface area contributed by atoms with Crippen molar-refractivity contribution in [3.8, 4) is 17.4 Å². The molecule has 7 aromatic rings. The number of rotatable bonds is 2. The van der Waals surface area contributed by atoms with Gasteiger partial charge in [-0.15, -0.1) is 0 Å². The van der Waals surface area contributed by atoms with Gasteiger partial charge < -0.3 is 14.9 Å². The standard InChI is InChI=1S/C32H22N4/c1-20-14-15-30-25(16-20)24-10-4-7-13-29(24)36(30)32-18-26(34)21(19-33)17-31(32)35-27-11-5-2-8-22(27)23-9-3-6-12-28(23)35/h2-18H,34H2,1H3. The predicted octanol–water partition coefficient (Wildman–Crippen LogP) is 7.64. The maximum atomic E-state index is 9.92. The Morgan fingerprint density at radius 3 is 1.61 bits per heavy atom. The molecule has 5 aromatic carbocycles. The van der Waals surface area contributed by atoms with E-state index in [4.69, 9.17) is 5.73 Å². The van der Waals surface area contributed by atoms with Gasteiger partial charge in [0.25, 0.3) is 0 Å². The normalized spacial score (nSPS) is 11.6. The molecule has 2 heterocycles. The van der Waals surface area contributed by atoms with Crippen LogP contribution < -0.4 is 5.73 Å². The number of nitrogen functional groups attached to an aromatic ring is 1. The minimum atomic E-state index is 0.465. The molecule has 0 spiro atoms. The highest BCUT2D eigenvalue weighted by molar-refractivity contribution is 6.11. The molecule has 2 aromatic heterocycles. The van der Waals surface area contributed by atoms with Crippen molar-refractivity contribution in [1.29, 1.82) is 5.26 Å². The SMILES string of the molecule is Cc1ccc2c(c1)c1ccccc1n2-c1cc(N)c(C#N)cc1-n1c2ccccc2c2ccccc21. The first-order valence-corrected chi connectivity index (χ1v) is 12.0. The highest BCUT2D eigenvalue weighted by Gasteiger charge is 2.20. The third kappa shape index (κ3) is 2.74. The molecule has 0 fully saturated rings. The molecule has 170 valence electrons. The van der Waals surface area contributed by atoms with Gasteiger partial charge in [0, 0.05) is 21.5 Å². The summed E-state index contributed by atoms with van der Waals surface area (Å²) in [5.74, 6) is 0. The molecule has 0 bridgehead atoms. The first kappa shape index (κ1) is 20.4. The second kappa shape index (κ2) is 7.49. The summed E-state index contributed by atoms with van der Waals surface area (Å²) in [7, 11) is 0. The van der Waals surface area contributed by atoms with Crippen LogP contribution in [0.2, 0.25) is 0 Å². The van der Waals surface area contributed by atoms with E-state index in [9.17, 15) is 5.26 Å². The summed E-state index contributed by atoms with van der Waals surface area (Å²) in [4.78, 5) is 0. The predicted molar refractivity (Wildman–Crippen MR) is 149 cm³/mol. The second-order valence-corrected chi connectivity index (χ2v) is 9.28. The topological polar surface area (TPSA) is 59.7 Å². The van der Waals surface area contributed by atoms with Gasteiger partial charge in [0.15, 0.2) is 0 Å². The summed E-state index contributed by atoms with van der Waals surface area (Å²) in [5.41, 5.74) is 14.8. The number of hydrogen-bond acceptors (Lipinski definition) is 2. The van der Waals surface area contributed by atoms with Crippen molar-refractivity contribution < 1.29 is 0 Å².